The highest BCUT2D eigenvalue weighted by Gasteiger charge is 2.35. The van der Waals surface area contributed by atoms with E-state index in [0.29, 0.717) is 13.0 Å². The standard InChI is InChI=1S/C23H26N2O3S/c1-4-18(23(2,3)22(26)27)11-13-28-19-9-7-16(8-10-19)20-15-29-21(25-20)17-6-5-12-24-14-17/h5-10,12,14-15,18H,4,11,13H2,1-3H3,(H,26,27). The maximum absolute atomic E-state index is 11.5. The molecular weight excluding hydrogens is 384 g/mol. The summed E-state index contributed by atoms with van der Waals surface area (Å²) >= 11 is 1.60. The van der Waals surface area contributed by atoms with Gasteiger partial charge in [-0.05, 0) is 62.6 Å². The van der Waals surface area contributed by atoms with Crippen molar-refractivity contribution in [3.8, 4) is 27.6 Å². The van der Waals surface area contributed by atoms with E-state index in [0.717, 1.165) is 34.0 Å². The SMILES string of the molecule is CCC(CCOc1ccc(-c2csc(-c3cccnc3)n2)cc1)C(C)(C)C(=O)O. The normalized spacial score (nSPS) is 12.5. The van der Waals surface area contributed by atoms with Crippen molar-refractivity contribution in [2.45, 2.75) is 33.6 Å². The first-order valence-corrected chi connectivity index (χ1v) is 10.6. The first-order chi connectivity index (χ1) is 13.9. The Labute approximate surface area is 175 Å². The van der Waals surface area contributed by atoms with E-state index in [1.807, 2.05) is 54.9 Å². The lowest BCUT2D eigenvalue weighted by molar-refractivity contribution is -0.150. The van der Waals surface area contributed by atoms with Gasteiger partial charge in [0.25, 0.3) is 0 Å². The van der Waals surface area contributed by atoms with Crippen LogP contribution in [0.15, 0.2) is 54.2 Å². The van der Waals surface area contributed by atoms with Crippen LogP contribution >= 0.6 is 11.3 Å². The zero-order valence-electron chi connectivity index (χ0n) is 17.0. The van der Waals surface area contributed by atoms with Crippen LogP contribution in [0.2, 0.25) is 0 Å². The van der Waals surface area contributed by atoms with Crippen LogP contribution < -0.4 is 4.74 Å². The molecule has 5 nitrogen and oxygen atoms in total. The molecule has 2 aromatic heterocycles. The van der Waals surface area contributed by atoms with Gasteiger partial charge >= 0.3 is 5.97 Å². The summed E-state index contributed by atoms with van der Waals surface area (Å²) in [5.41, 5.74) is 2.22. The van der Waals surface area contributed by atoms with E-state index >= 15 is 0 Å². The van der Waals surface area contributed by atoms with E-state index in [9.17, 15) is 9.90 Å². The molecule has 0 amide bonds. The van der Waals surface area contributed by atoms with Gasteiger partial charge in [-0.15, -0.1) is 11.3 Å². The molecule has 0 fully saturated rings. The number of aromatic nitrogens is 2. The molecule has 3 rings (SSSR count). The predicted molar refractivity (Wildman–Crippen MR) is 116 cm³/mol. The van der Waals surface area contributed by atoms with Crippen LogP contribution in [0.5, 0.6) is 5.75 Å². The number of ether oxygens (including phenoxy) is 1. The van der Waals surface area contributed by atoms with Gasteiger partial charge in [-0.2, -0.15) is 0 Å². The Morgan fingerprint density at radius 2 is 1.97 bits per heavy atom. The maximum atomic E-state index is 11.5. The van der Waals surface area contributed by atoms with E-state index in [2.05, 4.69) is 4.98 Å². The third kappa shape index (κ3) is 5.01. The molecule has 3 aromatic rings. The number of carboxylic acid groups (broad SMARTS) is 1. The van der Waals surface area contributed by atoms with Crippen LogP contribution in [0.4, 0.5) is 0 Å². The molecule has 2 heterocycles. The number of aliphatic carboxylic acids is 1. The fourth-order valence-corrected chi connectivity index (χ4v) is 4.14. The Bertz CT molecular complexity index is 936. The Hall–Kier alpha value is -2.73. The number of pyridine rings is 1. The summed E-state index contributed by atoms with van der Waals surface area (Å²) in [6.45, 7) is 6.09. The van der Waals surface area contributed by atoms with Gasteiger partial charge in [-0.25, -0.2) is 4.98 Å². The van der Waals surface area contributed by atoms with Crippen molar-refractivity contribution in [2.75, 3.05) is 6.61 Å². The van der Waals surface area contributed by atoms with Crippen LogP contribution in [-0.2, 0) is 4.79 Å². The average molecular weight is 411 g/mol. The molecule has 0 aliphatic heterocycles. The van der Waals surface area contributed by atoms with Gasteiger partial charge in [-0.1, -0.05) is 13.3 Å². The van der Waals surface area contributed by atoms with Gasteiger partial charge in [0.15, 0.2) is 0 Å². The lowest BCUT2D eigenvalue weighted by Crippen LogP contribution is -2.33. The fraction of sp³-hybridized carbons (Fsp3) is 0.348. The molecule has 1 N–H and O–H groups in total. The first kappa shape index (κ1) is 21.0. The van der Waals surface area contributed by atoms with Crippen LogP contribution in [0.3, 0.4) is 0 Å². The molecule has 0 radical (unpaired) electrons. The summed E-state index contributed by atoms with van der Waals surface area (Å²) < 4.78 is 5.86. The number of carboxylic acids is 1. The monoisotopic (exact) mass is 410 g/mol. The van der Waals surface area contributed by atoms with Crippen LogP contribution in [0, 0.1) is 11.3 Å². The van der Waals surface area contributed by atoms with E-state index in [4.69, 9.17) is 9.72 Å². The van der Waals surface area contributed by atoms with E-state index in [-0.39, 0.29) is 5.92 Å². The number of hydrogen-bond donors (Lipinski definition) is 1. The van der Waals surface area contributed by atoms with Crippen LogP contribution in [0.25, 0.3) is 21.8 Å². The molecule has 1 atom stereocenters. The second-order valence-corrected chi connectivity index (χ2v) is 8.43. The molecule has 0 aliphatic rings. The number of hydrogen-bond acceptors (Lipinski definition) is 5. The van der Waals surface area contributed by atoms with Crippen molar-refractivity contribution in [1.29, 1.82) is 0 Å². The van der Waals surface area contributed by atoms with Gasteiger partial charge in [0, 0.05) is 28.9 Å². The molecule has 1 aromatic carbocycles. The van der Waals surface area contributed by atoms with Crippen LogP contribution in [0.1, 0.15) is 33.6 Å². The molecule has 0 aliphatic carbocycles. The minimum Gasteiger partial charge on any atom is -0.494 e. The van der Waals surface area contributed by atoms with Crippen molar-refractivity contribution in [3.63, 3.8) is 0 Å². The molecule has 152 valence electrons. The van der Waals surface area contributed by atoms with Gasteiger partial charge in [0.05, 0.1) is 17.7 Å². The quantitative estimate of drug-likeness (QED) is 0.484. The maximum Gasteiger partial charge on any atom is 0.309 e. The highest BCUT2D eigenvalue weighted by molar-refractivity contribution is 7.13. The molecular formula is C23H26N2O3S. The Morgan fingerprint density at radius 3 is 2.59 bits per heavy atom. The lowest BCUT2D eigenvalue weighted by Gasteiger charge is -2.29. The summed E-state index contributed by atoms with van der Waals surface area (Å²) in [7, 11) is 0. The molecule has 0 spiro atoms. The molecule has 1 unspecified atom stereocenters. The average Bonchev–Trinajstić information content (AvgIpc) is 3.22. The molecule has 0 saturated carbocycles. The Kier molecular flexibility index (Phi) is 6.64. The summed E-state index contributed by atoms with van der Waals surface area (Å²) in [4.78, 5) is 20.3. The van der Waals surface area contributed by atoms with Gasteiger partial charge in [0.2, 0.25) is 0 Å². The molecule has 6 heteroatoms. The number of thiazole rings is 1. The number of nitrogens with zero attached hydrogens (tertiary/aromatic N) is 2. The second-order valence-electron chi connectivity index (χ2n) is 7.57. The third-order valence-electron chi connectivity index (χ3n) is 5.36. The lowest BCUT2D eigenvalue weighted by atomic mass is 9.76. The summed E-state index contributed by atoms with van der Waals surface area (Å²) in [6, 6.07) is 11.8. The topological polar surface area (TPSA) is 72.3 Å². The van der Waals surface area contributed by atoms with Gasteiger partial charge in [0.1, 0.15) is 10.8 Å². The minimum absolute atomic E-state index is 0.0696. The zero-order chi connectivity index (χ0) is 20.9. The largest absolute Gasteiger partial charge is 0.494 e. The molecule has 29 heavy (non-hydrogen) atoms. The van der Waals surface area contributed by atoms with Gasteiger partial charge in [-0.3, -0.25) is 9.78 Å². The van der Waals surface area contributed by atoms with Crippen molar-refractivity contribution < 1.29 is 14.6 Å². The highest BCUT2D eigenvalue weighted by atomic mass is 32.1. The fourth-order valence-electron chi connectivity index (χ4n) is 3.32. The zero-order valence-corrected chi connectivity index (χ0v) is 17.8. The van der Waals surface area contributed by atoms with E-state index in [1.54, 1.807) is 31.4 Å². The Morgan fingerprint density at radius 1 is 1.21 bits per heavy atom. The van der Waals surface area contributed by atoms with E-state index in [1.165, 1.54) is 0 Å². The first-order valence-electron chi connectivity index (χ1n) is 9.74. The third-order valence-corrected chi connectivity index (χ3v) is 6.25. The van der Waals surface area contributed by atoms with Crippen molar-refractivity contribution in [2.24, 2.45) is 11.3 Å². The minimum atomic E-state index is -0.761. The number of benzene rings is 1. The predicted octanol–water partition coefficient (Wildman–Crippen LogP) is 5.78. The Balaban J connectivity index is 1.60. The van der Waals surface area contributed by atoms with Crippen LogP contribution in [-0.4, -0.2) is 27.7 Å². The van der Waals surface area contributed by atoms with Crippen molar-refractivity contribution in [1.82, 2.24) is 9.97 Å². The highest BCUT2D eigenvalue weighted by Crippen LogP contribution is 2.33. The summed E-state index contributed by atoms with van der Waals surface area (Å²) in [6.07, 6.45) is 5.08. The summed E-state index contributed by atoms with van der Waals surface area (Å²) in [5.74, 6) is 0.0854. The smallest absolute Gasteiger partial charge is 0.309 e. The summed E-state index contributed by atoms with van der Waals surface area (Å²) in [5, 5.41) is 12.4. The van der Waals surface area contributed by atoms with E-state index < -0.39 is 11.4 Å². The molecule has 0 bridgehead atoms. The second kappa shape index (κ2) is 9.18. The van der Waals surface area contributed by atoms with Crippen molar-refractivity contribution >= 4 is 17.3 Å². The van der Waals surface area contributed by atoms with Crippen molar-refractivity contribution in [3.05, 3.63) is 54.2 Å². The number of rotatable bonds is 9. The molecule has 0 saturated heterocycles. The van der Waals surface area contributed by atoms with Gasteiger partial charge < -0.3 is 9.84 Å². The number of carbonyl (C=O) groups is 1.